The minimum atomic E-state index is -1.02. The second-order valence-electron chi connectivity index (χ2n) is 6.74. The number of thiol groups is 1. The second-order valence-corrected chi connectivity index (χ2v) is 8.16. The molecule has 2 atom stereocenters. The number of amides is 1. The highest BCUT2D eigenvalue weighted by molar-refractivity contribution is 7.99. The van der Waals surface area contributed by atoms with Crippen LogP contribution in [0.15, 0.2) is 30.3 Å². The van der Waals surface area contributed by atoms with E-state index in [0.29, 0.717) is 24.6 Å². The van der Waals surface area contributed by atoms with Crippen molar-refractivity contribution in [2.24, 2.45) is 5.41 Å². The molecule has 0 radical (unpaired) electrons. The van der Waals surface area contributed by atoms with E-state index in [4.69, 9.17) is 0 Å². The van der Waals surface area contributed by atoms with Crippen molar-refractivity contribution in [3.05, 3.63) is 35.9 Å². The highest BCUT2D eigenvalue weighted by Crippen LogP contribution is 2.25. The predicted molar refractivity (Wildman–Crippen MR) is 112 cm³/mol. The maximum Gasteiger partial charge on any atom is 0.328 e. The number of rotatable bonds is 11. The van der Waals surface area contributed by atoms with E-state index in [1.165, 1.54) is 11.8 Å². The Morgan fingerprint density at radius 3 is 2.27 bits per heavy atom. The molecular formula is C19H30N2O3S2. The lowest BCUT2D eigenvalue weighted by Gasteiger charge is -2.35. The average Bonchev–Trinajstić information content (AvgIpc) is 2.63. The summed E-state index contributed by atoms with van der Waals surface area (Å²) in [5, 5.41) is 12.2. The van der Waals surface area contributed by atoms with Crippen LogP contribution in [-0.4, -0.2) is 52.1 Å². The molecular weight excluding hydrogens is 368 g/mol. The zero-order valence-electron chi connectivity index (χ0n) is 15.9. The number of likely N-dealkylation sites (N-methyl/N-ethyl adjacent to an activating group) is 1. The van der Waals surface area contributed by atoms with Crippen LogP contribution in [0.4, 0.5) is 0 Å². The average molecular weight is 399 g/mol. The van der Waals surface area contributed by atoms with Gasteiger partial charge in [0.1, 0.15) is 0 Å². The highest BCUT2D eigenvalue weighted by Gasteiger charge is 2.37. The van der Waals surface area contributed by atoms with Gasteiger partial charge in [-0.2, -0.15) is 12.6 Å². The summed E-state index contributed by atoms with van der Waals surface area (Å²) in [6.45, 7) is 8.93. The van der Waals surface area contributed by atoms with Gasteiger partial charge >= 0.3 is 5.97 Å². The Morgan fingerprint density at radius 2 is 1.81 bits per heavy atom. The second kappa shape index (κ2) is 10.8. The fourth-order valence-electron chi connectivity index (χ4n) is 2.42. The first-order chi connectivity index (χ1) is 12.3. The minimum Gasteiger partial charge on any atom is -0.480 e. The van der Waals surface area contributed by atoms with Gasteiger partial charge < -0.3 is 10.4 Å². The largest absolute Gasteiger partial charge is 0.480 e. The van der Waals surface area contributed by atoms with Gasteiger partial charge in [0, 0.05) is 11.5 Å². The van der Waals surface area contributed by atoms with Crippen LogP contribution in [-0.2, 0) is 15.3 Å². The molecule has 1 rings (SSSR count). The first kappa shape index (κ1) is 22.9. The standard InChI is InChI=1S/C19H30N2O3S2/c1-5-21(6-2)16(26-12-14-10-8-7-9-11-14)15(17(22)23)20-18(24)19(3,4)13-25/h7-11,15-16,25H,5-6,12-13H2,1-4H3,(H,20,24)(H,22,23). The molecule has 1 amide bonds. The van der Waals surface area contributed by atoms with Gasteiger partial charge in [-0.3, -0.25) is 9.69 Å². The Kier molecular flexibility index (Phi) is 9.54. The molecule has 0 bridgehead atoms. The van der Waals surface area contributed by atoms with Crippen LogP contribution in [0.2, 0.25) is 0 Å². The monoisotopic (exact) mass is 398 g/mol. The van der Waals surface area contributed by atoms with Crippen molar-refractivity contribution in [2.75, 3.05) is 18.8 Å². The van der Waals surface area contributed by atoms with Gasteiger partial charge in [0.25, 0.3) is 0 Å². The van der Waals surface area contributed by atoms with Crippen molar-refractivity contribution in [3.63, 3.8) is 0 Å². The molecule has 0 aliphatic carbocycles. The molecule has 26 heavy (non-hydrogen) atoms. The summed E-state index contributed by atoms with van der Waals surface area (Å²) in [7, 11) is 0. The number of nitrogens with one attached hydrogen (secondary N) is 1. The van der Waals surface area contributed by atoms with Crippen LogP contribution in [0.25, 0.3) is 0 Å². The number of hydrogen-bond acceptors (Lipinski definition) is 5. The fraction of sp³-hybridized carbons (Fsp3) is 0.579. The predicted octanol–water partition coefficient (Wildman–Crippen LogP) is 3.11. The first-order valence-electron chi connectivity index (χ1n) is 8.81. The molecule has 2 unspecified atom stereocenters. The summed E-state index contributed by atoms with van der Waals surface area (Å²) in [4.78, 5) is 26.6. The van der Waals surface area contributed by atoms with Crippen LogP contribution in [0.5, 0.6) is 0 Å². The zero-order chi connectivity index (χ0) is 19.7. The summed E-state index contributed by atoms with van der Waals surface area (Å²) in [5.74, 6) is -0.293. The van der Waals surface area contributed by atoms with Crippen molar-refractivity contribution in [3.8, 4) is 0 Å². The van der Waals surface area contributed by atoms with Gasteiger partial charge in [0.05, 0.1) is 10.8 Å². The molecule has 1 aromatic rings. The summed E-state index contributed by atoms with van der Waals surface area (Å²) >= 11 is 5.75. The van der Waals surface area contributed by atoms with E-state index in [-0.39, 0.29) is 11.3 Å². The molecule has 0 heterocycles. The van der Waals surface area contributed by atoms with Crippen molar-refractivity contribution in [1.29, 1.82) is 0 Å². The number of nitrogens with zero attached hydrogens (tertiary/aromatic N) is 1. The Labute approximate surface area is 166 Å². The molecule has 0 aliphatic rings. The van der Waals surface area contributed by atoms with E-state index >= 15 is 0 Å². The molecule has 146 valence electrons. The van der Waals surface area contributed by atoms with E-state index in [0.717, 1.165) is 5.56 Å². The minimum absolute atomic E-state index is 0.294. The van der Waals surface area contributed by atoms with Crippen LogP contribution < -0.4 is 5.32 Å². The third kappa shape index (κ3) is 6.52. The number of carbonyl (C=O) groups excluding carboxylic acids is 1. The SMILES string of the molecule is CCN(CC)C(SCc1ccccc1)C(NC(=O)C(C)(C)CS)C(=O)O. The van der Waals surface area contributed by atoms with Crippen LogP contribution >= 0.6 is 24.4 Å². The van der Waals surface area contributed by atoms with Crippen LogP contribution in [0.3, 0.4) is 0 Å². The number of carbonyl (C=O) groups is 2. The molecule has 0 aromatic heterocycles. The third-order valence-electron chi connectivity index (χ3n) is 4.28. The van der Waals surface area contributed by atoms with Gasteiger partial charge in [0.2, 0.25) is 5.91 Å². The molecule has 2 N–H and O–H groups in total. The van der Waals surface area contributed by atoms with Crippen molar-refractivity contribution < 1.29 is 14.7 Å². The summed E-state index contributed by atoms with van der Waals surface area (Å²) < 4.78 is 0. The molecule has 7 heteroatoms. The molecule has 5 nitrogen and oxygen atoms in total. The van der Waals surface area contributed by atoms with Gasteiger partial charge in [-0.15, -0.1) is 11.8 Å². The maximum atomic E-state index is 12.5. The van der Waals surface area contributed by atoms with Gasteiger partial charge in [-0.05, 0) is 18.7 Å². The van der Waals surface area contributed by atoms with Crippen LogP contribution in [0, 0.1) is 5.41 Å². The molecule has 1 aromatic carbocycles. The molecule has 0 spiro atoms. The number of thioether (sulfide) groups is 1. The summed E-state index contributed by atoms with van der Waals surface area (Å²) in [6, 6.07) is 8.93. The van der Waals surface area contributed by atoms with Gasteiger partial charge in [-0.1, -0.05) is 58.0 Å². The van der Waals surface area contributed by atoms with Crippen molar-refractivity contribution in [2.45, 2.75) is 44.9 Å². The number of hydrogen-bond donors (Lipinski definition) is 3. The number of carboxylic acids is 1. The van der Waals surface area contributed by atoms with Gasteiger partial charge in [0.15, 0.2) is 6.04 Å². The van der Waals surface area contributed by atoms with E-state index in [2.05, 4.69) is 22.8 Å². The number of benzene rings is 1. The maximum absolute atomic E-state index is 12.5. The van der Waals surface area contributed by atoms with E-state index in [9.17, 15) is 14.7 Å². The van der Waals surface area contributed by atoms with Crippen LogP contribution in [0.1, 0.15) is 33.3 Å². The number of aliphatic carboxylic acids is 1. The lowest BCUT2D eigenvalue weighted by molar-refractivity contribution is -0.144. The molecule has 0 saturated heterocycles. The van der Waals surface area contributed by atoms with E-state index < -0.39 is 17.4 Å². The third-order valence-corrected chi connectivity index (χ3v) is 6.49. The first-order valence-corrected chi connectivity index (χ1v) is 10.5. The lowest BCUT2D eigenvalue weighted by atomic mass is 9.94. The Balaban J connectivity index is 3.02. The smallest absolute Gasteiger partial charge is 0.328 e. The summed E-state index contributed by atoms with van der Waals surface area (Å²) in [5.41, 5.74) is 0.398. The molecule has 0 fully saturated rings. The normalized spacial score (nSPS) is 14.1. The molecule has 0 aliphatic heterocycles. The fourth-order valence-corrected chi connectivity index (χ4v) is 4.00. The van der Waals surface area contributed by atoms with Gasteiger partial charge in [-0.25, -0.2) is 4.79 Å². The summed E-state index contributed by atoms with van der Waals surface area (Å²) in [6.07, 6.45) is 0. The zero-order valence-corrected chi connectivity index (χ0v) is 17.6. The Morgan fingerprint density at radius 1 is 1.23 bits per heavy atom. The van der Waals surface area contributed by atoms with Crippen molar-refractivity contribution in [1.82, 2.24) is 10.2 Å². The number of carboxylic acid groups (broad SMARTS) is 1. The topological polar surface area (TPSA) is 69.6 Å². The Bertz CT molecular complexity index is 577. The quantitative estimate of drug-likeness (QED) is 0.395. The lowest BCUT2D eigenvalue weighted by Crippen LogP contribution is -2.56. The van der Waals surface area contributed by atoms with Crippen molar-refractivity contribution >= 4 is 36.3 Å². The highest BCUT2D eigenvalue weighted by atomic mass is 32.2. The Hall–Kier alpha value is -1.18. The molecule has 0 saturated carbocycles. The van der Waals surface area contributed by atoms with E-state index in [1.807, 2.05) is 44.2 Å². The van der Waals surface area contributed by atoms with E-state index in [1.54, 1.807) is 13.8 Å².